The third-order valence-electron chi connectivity index (χ3n) is 5.50. The summed E-state index contributed by atoms with van der Waals surface area (Å²) in [6.45, 7) is 0. The van der Waals surface area contributed by atoms with Gasteiger partial charge in [0.1, 0.15) is 18.5 Å². The molecule has 10 nitrogen and oxygen atoms in total. The van der Waals surface area contributed by atoms with Gasteiger partial charge in [-0.25, -0.2) is 0 Å². The zero-order valence-corrected chi connectivity index (χ0v) is 19.4. The fourth-order valence-corrected chi connectivity index (χ4v) is 3.70. The molecule has 0 saturated heterocycles. The Morgan fingerprint density at radius 2 is 1.69 bits per heavy atom. The summed E-state index contributed by atoms with van der Waals surface area (Å²) in [4.78, 5) is 53.3. The first-order chi connectivity index (χ1) is 17.4. The van der Waals surface area contributed by atoms with Crippen LogP contribution in [0.1, 0.15) is 24.8 Å². The van der Waals surface area contributed by atoms with Gasteiger partial charge in [0.2, 0.25) is 17.7 Å². The first kappa shape index (κ1) is 25.8. The average molecular weight is 487 g/mol. The highest BCUT2D eigenvalue weighted by Gasteiger charge is 2.28. The first-order valence-corrected chi connectivity index (χ1v) is 11.3. The summed E-state index contributed by atoms with van der Waals surface area (Å²) in [5, 5.41) is 24.8. The molecule has 0 aliphatic heterocycles. The number of nitrogens with zero attached hydrogens (tertiary/aromatic N) is 1. The number of H-pyrrole nitrogens is 1. The summed E-state index contributed by atoms with van der Waals surface area (Å²) in [5.74, 6) is -2.29. The van der Waals surface area contributed by atoms with Crippen molar-refractivity contribution in [2.45, 2.75) is 37.8 Å². The molecule has 0 saturated carbocycles. The molecule has 0 spiro atoms. The van der Waals surface area contributed by atoms with E-state index in [1.54, 1.807) is 42.6 Å². The lowest BCUT2D eigenvalue weighted by molar-refractivity contribution is -0.130. The number of nitriles is 1. The van der Waals surface area contributed by atoms with Crippen molar-refractivity contribution in [1.82, 2.24) is 15.6 Å². The van der Waals surface area contributed by atoms with Crippen LogP contribution in [0.5, 0.6) is 0 Å². The Morgan fingerprint density at radius 3 is 2.42 bits per heavy atom. The molecule has 3 rings (SSSR count). The van der Waals surface area contributed by atoms with E-state index in [4.69, 9.17) is 10.7 Å². The van der Waals surface area contributed by atoms with Gasteiger partial charge in [-0.3, -0.25) is 19.2 Å². The standard InChI is InChI=1S/C26H26N6O4/c27-13-12-24(34)31-23(14-17-16-29-21-9-5-4-8-20(17)21)26(36)32-22(11-10-19(33)15-28)25(35)30-18-6-2-1-3-7-18/h1-9,15-16,22-23,28-29H,10-12,14H2,(H,30,35)(H,31,34)(H,32,36)/t22-,23-/m0/s1. The molecule has 3 aromatic rings. The number of fused-ring (bicyclic) bond motifs is 1. The monoisotopic (exact) mass is 486 g/mol. The van der Waals surface area contributed by atoms with Crippen LogP contribution in [0.2, 0.25) is 0 Å². The van der Waals surface area contributed by atoms with Crippen molar-refractivity contribution in [2.75, 3.05) is 5.32 Å². The van der Waals surface area contributed by atoms with Crippen LogP contribution < -0.4 is 16.0 Å². The van der Waals surface area contributed by atoms with Crippen LogP contribution in [0.4, 0.5) is 5.69 Å². The zero-order valence-electron chi connectivity index (χ0n) is 19.4. The largest absolute Gasteiger partial charge is 0.361 e. The Hall–Kier alpha value is -4.78. The van der Waals surface area contributed by atoms with Crippen molar-refractivity contribution < 1.29 is 19.2 Å². The van der Waals surface area contributed by atoms with Crippen molar-refractivity contribution in [3.05, 3.63) is 66.4 Å². The van der Waals surface area contributed by atoms with Crippen LogP contribution in [0, 0.1) is 16.7 Å². The Bertz CT molecular complexity index is 1290. The molecule has 3 amide bonds. The predicted octanol–water partition coefficient (Wildman–Crippen LogP) is 2.23. The number of para-hydroxylation sites is 2. The second-order valence-corrected chi connectivity index (χ2v) is 8.08. The maximum atomic E-state index is 13.3. The van der Waals surface area contributed by atoms with E-state index < -0.39 is 42.0 Å². The molecule has 0 radical (unpaired) electrons. The van der Waals surface area contributed by atoms with Crippen molar-refractivity contribution in [2.24, 2.45) is 0 Å². The van der Waals surface area contributed by atoms with Gasteiger partial charge in [-0.1, -0.05) is 36.4 Å². The quantitative estimate of drug-likeness (QED) is 0.247. The lowest BCUT2D eigenvalue weighted by Crippen LogP contribution is -2.53. The molecule has 36 heavy (non-hydrogen) atoms. The second-order valence-electron chi connectivity index (χ2n) is 8.08. The number of aromatic amines is 1. The molecule has 0 unspecified atom stereocenters. The molecule has 2 aromatic carbocycles. The summed E-state index contributed by atoms with van der Waals surface area (Å²) in [6, 6.07) is 15.7. The maximum Gasteiger partial charge on any atom is 0.246 e. The van der Waals surface area contributed by atoms with Crippen LogP contribution in [0.3, 0.4) is 0 Å². The van der Waals surface area contributed by atoms with Gasteiger partial charge in [0, 0.05) is 35.6 Å². The highest BCUT2D eigenvalue weighted by Crippen LogP contribution is 2.19. The van der Waals surface area contributed by atoms with Gasteiger partial charge in [-0.15, -0.1) is 0 Å². The number of aromatic nitrogens is 1. The molecule has 5 N–H and O–H groups in total. The van der Waals surface area contributed by atoms with Gasteiger partial charge in [0.05, 0.1) is 12.3 Å². The number of carbonyl (C=O) groups is 4. The summed E-state index contributed by atoms with van der Waals surface area (Å²) in [6.07, 6.45) is 1.93. The summed E-state index contributed by atoms with van der Waals surface area (Å²) >= 11 is 0. The minimum Gasteiger partial charge on any atom is -0.361 e. The normalized spacial score (nSPS) is 12.1. The number of hydrogen-bond donors (Lipinski definition) is 5. The van der Waals surface area contributed by atoms with Gasteiger partial charge in [0.25, 0.3) is 0 Å². The van der Waals surface area contributed by atoms with E-state index in [2.05, 4.69) is 20.9 Å². The van der Waals surface area contributed by atoms with E-state index in [0.29, 0.717) is 11.9 Å². The smallest absolute Gasteiger partial charge is 0.246 e. The fraction of sp³-hybridized carbons (Fsp3) is 0.231. The summed E-state index contributed by atoms with van der Waals surface area (Å²) < 4.78 is 0. The third-order valence-corrected chi connectivity index (χ3v) is 5.50. The van der Waals surface area contributed by atoms with Crippen LogP contribution in [-0.2, 0) is 25.6 Å². The van der Waals surface area contributed by atoms with Gasteiger partial charge in [-0.05, 0) is 30.2 Å². The Morgan fingerprint density at radius 1 is 0.972 bits per heavy atom. The van der Waals surface area contributed by atoms with Crippen LogP contribution in [0.15, 0.2) is 60.8 Å². The maximum absolute atomic E-state index is 13.3. The average Bonchev–Trinajstić information content (AvgIpc) is 3.29. The number of anilines is 1. The molecular formula is C26H26N6O4. The number of nitrogens with one attached hydrogen (secondary N) is 5. The van der Waals surface area contributed by atoms with E-state index in [1.807, 2.05) is 24.3 Å². The minimum atomic E-state index is -1.10. The molecule has 0 aliphatic carbocycles. The molecule has 0 aliphatic rings. The summed E-state index contributed by atoms with van der Waals surface area (Å²) in [7, 11) is 0. The van der Waals surface area contributed by atoms with Crippen LogP contribution >= 0.6 is 0 Å². The van der Waals surface area contributed by atoms with E-state index in [1.165, 1.54) is 0 Å². The van der Waals surface area contributed by atoms with Crippen molar-refractivity contribution in [1.29, 1.82) is 10.7 Å². The number of Topliss-reactive ketones (excluding diaryl/α,β-unsaturated/α-hetero) is 1. The number of ketones is 1. The molecule has 1 aromatic heterocycles. The molecule has 0 bridgehead atoms. The van der Waals surface area contributed by atoms with E-state index in [-0.39, 0.29) is 19.3 Å². The highest BCUT2D eigenvalue weighted by atomic mass is 16.2. The third kappa shape index (κ3) is 7.11. The van der Waals surface area contributed by atoms with Crippen molar-refractivity contribution >= 4 is 46.3 Å². The lowest BCUT2D eigenvalue weighted by Gasteiger charge is -2.23. The second kappa shape index (κ2) is 12.6. The van der Waals surface area contributed by atoms with Crippen molar-refractivity contribution in [3.63, 3.8) is 0 Å². The molecule has 184 valence electrons. The van der Waals surface area contributed by atoms with E-state index in [0.717, 1.165) is 16.5 Å². The topological polar surface area (TPSA) is 168 Å². The number of amides is 3. The fourth-order valence-electron chi connectivity index (χ4n) is 3.70. The van der Waals surface area contributed by atoms with Crippen LogP contribution in [-0.4, -0.2) is 46.8 Å². The Labute approximate surface area is 207 Å². The van der Waals surface area contributed by atoms with Crippen molar-refractivity contribution in [3.8, 4) is 6.07 Å². The zero-order chi connectivity index (χ0) is 25.9. The van der Waals surface area contributed by atoms with Gasteiger partial charge >= 0.3 is 0 Å². The minimum absolute atomic E-state index is 0.0371. The highest BCUT2D eigenvalue weighted by molar-refractivity contribution is 6.26. The number of hydrogen-bond acceptors (Lipinski definition) is 6. The van der Waals surface area contributed by atoms with Gasteiger partial charge in [-0.2, -0.15) is 5.26 Å². The van der Waals surface area contributed by atoms with Gasteiger partial charge < -0.3 is 26.3 Å². The summed E-state index contributed by atoms with van der Waals surface area (Å²) in [5.41, 5.74) is 2.14. The predicted molar refractivity (Wildman–Crippen MR) is 134 cm³/mol. The molecule has 2 atom stereocenters. The first-order valence-electron chi connectivity index (χ1n) is 11.3. The lowest BCUT2D eigenvalue weighted by atomic mass is 10.0. The van der Waals surface area contributed by atoms with E-state index in [9.17, 15) is 19.2 Å². The molecule has 1 heterocycles. The number of carbonyl (C=O) groups excluding carboxylic acids is 4. The van der Waals surface area contributed by atoms with Gasteiger partial charge in [0.15, 0.2) is 5.78 Å². The van der Waals surface area contributed by atoms with E-state index >= 15 is 0 Å². The number of rotatable bonds is 12. The molecule has 0 fully saturated rings. The van der Waals surface area contributed by atoms with Crippen LogP contribution in [0.25, 0.3) is 10.9 Å². The molecular weight excluding hydrogens is 460 g/mol. The Balaban J connectivity index is 1.81. The SMILES string of the molecule is N#CCC(=O)N[C@@H](Cc1c[nH]c2ccccc12)C(=O)N[C@@H](CCC(=O)C=N)C(=O)Nc1ccccc1. The number of benzene rings is 2. The Kier molecular flexibility index (Phi) is 9.06. The molecule has 10 heteroatoms.